The molecule has 1 aromatic heterocycles. The standard InChI is InChI=1S/C15H18N4O3/c1-21-11-4-3-10(9-12(11)22-2)5-6-19-15(20)13-14(16)18-8-7-17-13/h3-4,7-9H,5-6H2,1-2H3,(H2,16,18)(H,19,20). The number of nitrogens with two attached hydrogens (primary N) is 1. The Morgan fingerprint density at radius 3 is 2.59 bits per heavy atom. The molecule has 0 spiro atoms. The normalized spacial score (nSPS) is 10.1. The van der Waals surface area contributed by atoms with Crippen LogP contribution in [0.2, 0.25) is 0 Å². The molecule has 7 heteroatoms. The molecule has 0 aliphatic carbocycles. The smallest absolute Gasteiger partial charge is 0.273 e. The van der Waals surface area contributed by atoms with Crippen molar-refractivity contribution in [1.29, 1.82) is 0 Å². The van der Waals surface area contributed by atoms with E-state index in [4.69, 9.17) is 15.2 Å². The number of nitrogens with one attached hydrogen (secondary N) is 1. The maximum atomic E-state index is 11.9. The number of methoxy groups -OCH3 is 2. The first-order valence-electron chi connectivity index (χ1n) is 6.71. The van der Waals surface area contributed by atoms with Gasteiger partial charge in [-0.15, -0.1) is 0 Å². The van der Waals surface area contributed by atoms with Crippen molar-refractivity contribution in [3.63, 3.8) is 0 Å². The van der Waals surface area contributed by atoms with Gasteiger partial charge in [0.05, 0.1) is 14.2 Å². The number of anilines is 1. The Labute approximate surface area is 128 Å². The molecule has 0 unspecified atom stereocenters. The van der Waals surface area contributed by atoms with E-state index >= 15 is 0 Å². The minimum absolute atomic E-state index is 0.117. The van der Waals surface area contributed by atoms with E-state index < -0.39 is 0 Å². The third-order valence-electron chi connectivity index (χ3n) is 3.09. The van der Waals surface area contributed by atoms with Crippen molar-refractivity contribution in [2.45, 2.75) is 6.42 Å². The maximum Gasteiger partial charge on any atom is 0.273 e. The zero-order valence-corrected chi connectivity index (χ0v) is 12.5. The summed E-state index contributed by atoms with van der Waals surface area (Å²) in [6.07, 6.45) is 3.52. The fourth-order valence-electron chi connectivity index (χ4n) is 1.96. The molecule has 2 rings (SSSR count). The van der Waals surface area contributed by atoms with Crippen LogP contribution < -0.4 is 20.5 Å². The van der Waals surface area contributed by atoms with Crippen LogP contribution in [0.1, 0.15) is 16.1 Å². The lowest BCUT2D eigenvalue weighted by molar-refractivity contribution is 0.0950. The molecule has 1 amide bonds. The molecule has 1 heterocycles. The summed E-state index contributed by atoms with van der Waals surface area (Å²) < 4.78 is 10.4. The highest BCUT2D eigenvalue weighted by Gasteiger charge is 2.11. The van der Waals surface area contributed by atoms with E-state index in [9.17, 15) is 4.79 Å². The van der Waals surface area contributed by atoms with Crippen molar-refractivity contribution in [3.05, 3.63) is 41.9 Å². The summed E-state index contributed by atoms with van der Waals surface area (Å²) in [5, 5.41) is 2.76. The van der Waals surface area contributed by atoms with Gasteiger partial charge in [0.25, 0.3) is 5.91 Å². The highest BCUT2D eigenvalue weighted by molar-refractivity contribution is 5.96. The minimum Gasteiger partial charge on any atom is -0.493 e. The Morgan fingerprint density at radius 1 is 1.18 bits per heavy atom. The van der Waals surface area contributed by atoms with Crippen LogP contribution in [0.25, 0.3) is 0 Å². The second-order valence-electron chi connectivity index (χ2n) is 4.49. The quantitative estimate of drug-likeness (QED) is 0.827. The second-order valence-corrected chi connectivity index (χ2v) is 4.49. The molecule has 22 heavy (non-hydrogen) atoms. The molecule has 0 saturated heterocycles. The van der Waals surface area contributed by atoms with E-state index in [0.29, 0.717) is 24.5 Å². The van der Waals surface area contributed by atoms with Crippen LogP contribution in [0.4, 0.5) is 5.82 Å². The average molecular weight is 302 g/mol. The first-order valence-corrected chi connectivity index (χ1v) is 6.71. The molecule has 0 bridgehead atoms. The number of nitrogen functional groups attached to an aromatic ring is 1. The van der Waals surface area contributed by atoms with Gasteiger partial charge in [-0.25, -0.2) is 9.97 Å². The molecular weight excluding hydrogens is 284 g/mol. The van der Waals surface area contributed by atoms with Gasteiger partial charge >= 0.3 is 0 Å². The monoisotopic (exact) mass is 302 g/mol. The summed E-state index contributed by atoms with van der Waals surface area (Å²) in [6.45, 7) is 0.449. The van der Waals surface area contributed by atoms with E-state index in [-0.39, 0.29) is 17.4 Å². The third-order valence-corrected chi connectivity index (χ3v) is 3.09. The summed E-state index contributed by atoms with van der Waals surface area (Å²) in [5.41, 5.74) is 6.76. The number of amides is 1. The molecule has 0 aliphatic rings. The number of carbonyl (C=O) groups excluding carboxylic acids is 1. The predicted molar refractivity (Wildman–Crippen MR) is 82.0 cm³/mol. The van der Waals surface area contributed by atoms with Crippen molar-refractivity contribution in [1.82, 2.24) is 15.3 Å². The van der Waals surface area contributed by atoms with E-state index in [0.717, 1.165) is 5.56 Å². The van der Waals surface area contributed by atoms with Gasteiger partial charge in [0, 0.05) is 18.9 Å². The number of benzene rings is 1. The van der Waals surface area contributed by atoms with Gasteiger partial charge in [-0.05, 0) is 24.1 Å². The SMILES string of the molecule is COc1ccc(CCNC(=O)c2nccnc2N)cc1OC. The Morgan fingerprint density at radius 2 is 1.91 bits per heavy atom. The summed E-state index contributed by atoms with van der Waals surface area (Å²) in [5.74, 6) is 1.10. The van der Waals surface area contributed by atoms with Gasteiger partial charge in [0.1, 0.15) is 0 Å². The lowest BCUT2D eigenvalue weighted by Crippen LogP contribution is -2.27. The van der Waals surface area contributed by atoms with Crippen LogP contribution >= 0.6 is 0 Å². The number of hydrogen-bond acceptors (Lipinski definition) is 6. The number of ether oxygens (including phenoxy) is 2. The highest BCUT2D eigenvalue weighted by Crippen LogP contribution is 2.27. The van der Waals surface area contributed by atoms with Crippen LogP contribution in [-0.4, -0.2) is 36.6 Å². The number of hydrogen-bond donors (Lipinski definition) is 2. The van der Waals surface area contributed by atoms with Crippen molar-refractivity contribution < 1.29 is 14.3 Å². The first-order chi connectivity index (χ1) is 10.7. The molecule has 0 radical (unpaired) electrons. The van der Waals surface area contributed by atoms with Gasteiger partial charge in [0.2, 0.25) is 0 Å². The first kappa shape index (κ1) is 15.6. The zero-order chi connectivity index (χ0) is 15.9. The number of carbonyl (C=O) groups is 1. The number of nitrogens with zero attached hydrogens (tertiary/aromatic N) is 2. The van der Waals surface area contributed by atoms with E-state index in [2.05, 4.69) is 15.3 Å². The summed E-state index contributed by atoms with van der Waals surface area (Å²) >= 11 is 0. The molecule has 0 fully saturated rings. The molecule has 7 nitrogen and oxygen atoms in total. The fraction of sp³-hybridized carbons (Fsp3) is 0.267. The Hall–Kier alpha value is -2.83. The van der Waals surface area contributed by atoms with Crippen molar-refractivity contribution >= 4 is 11.7 Å². The maximum absolute atomic E-state index is 11.9. The minimum atomic E-state index is -0.342. The lowest BCUT2D eigenvalue weighted by atomic mass is 10.1. The average Bonchev–Trinajstić information content (AvgIpc) is 2.55. The van der Waals surface area contributed by atoms with E-state index in [1.54, 1.807) is 14.2 Å². The topological polar surface area (TPSA) is 99.4 Å². The van der Waals surface area contributed by atoms with Gasteiger partial charge in [-0.1, -0.05) is 6.07 Å². The van der Waals surface area contributed by atoms with E-state index in [1.807, 2.05) is 18.2 Å². The van der Waals surface area contributed by atoms with Gasteiger partial charge in [-0.3, -0.25) is 4.79 Å². The van der Waals surface area contributed by atoms with Crippen LogP contribution in [-0.2, 0) is 6.42 Å². The van der Waals surface area contributed by atoms with Crippen molar-refractivity contribution in [2.24, 2.45) is 0 Å². The summed E-state index contributed by atoms with van der Waals surface area (Å²) in [7, 11) is 3.17. The molecule has 2 aromatic rings. The molecule has 116 valence electrons. The molecule has 1 aromatic carbocycles. The fourth-order valence-corrected chi connectivity index (χ4v) is 1.96. The highest BCUT2D eigenvalue weighted by atomic mass is 16.5. The van der Waals surface area contributed by atoms with Gasteiger partial charge in [0.15, 0.2) is 23.0 Å². The molecule has 0 atom stereocenters. The van der Waals surface area contributed by atoms with Crippen LogP contribution in [0, 0.1) is 0 Å². The molecule has 3 N–H and O–H groups in total. The predicted octanol–water partition coefficient (Wildman–Crippen LogP) is 1.05. The molecular formula is C15H18N4O3. The van der Waals surface area contributed by atoms with Crippen LogP contribution in [0.3, 0.4) is 0 Å². The van der Waals surface area contributed by atoms with Gasteiger partial charge < -0.3 is 20.5 Å². The Bertz CT molecular complexity index is 661. The third kappa shape index (κ3) is 3.63. The van der Waals surface area contributed by atoms with Crippen molar-refractivity contribution in [3.8, 4) is 11.5 Å². The zero-order valence-electron chi connectivity index (χ0n) is 12.5. The Kier molecular flexibility index (Phi) is 5.13. The summed E-state index contributed by atoms with van der Waals surface area (Å²) in [6, 6.07) is 5.63. The lowest BCUT2D eigenvalue weighted by Gasteiger charge is -2.10. The Balaban J connectivity index is 1.94. The van der Waals surface area contributed by atoms with Gasteiger partial charge in [-0.2, -0.15) is 0 Å². The largest absolute Gasteiger partial charge is 0.493 e. The van der Waals surface area contributed by atoms with E-state index in [1.165, 1.54) is 12.4 Å². The number of aromatic nitrogens is 2. The van der Waals surface area contributed by atoms with Crippen LogP contribution in [0.15, 0.2) is 30.6 Å². The van der Waals surface area contributed by atoms with Crippen LogP contribution in [0.5, 0.6) is 11.5 Å². The second kappa shape index (κ2) is 7.26. The molecule has 0 saturated carbocycles. The van der Waals surface area contributed by atoms with Crippen molar-refractivity contribution in [2.75, 3.05) is 26.5 Å². The summed E-state index contributed by atoms with van der Waals surface area (Å²) in [4.78, 5) is 19.7. The molecule has 0 aliphatic heterocycles. The number of rotatable bonds is 6.